The first-order valence-corrected chi connectivity index (χ1v) is 2.87. The molecule has 0 amide bonds. The number of rotatable bonds is 1. The van der Waals surface area contributed by atoms with E-state index in [1.54, 1.807) is 0 Å². The third-order valence-corrected chi connectivity index (χ3v) is 2.21. The van der Waals surface area contributed by atoms with Crippen molar-refractivity contribution in [3.8, 4) is 0 Å². The predicted octanol–water partition coefficient (Wildman–Crippen LogP) is 2.41. The van der Waals surface area contributed by atoms with E-state index in [1.807, 2.05) is 20.8 Å². The maximum atomic E-state index is 8.11. The Kier molecular flexibility index (Phi) is 1.04. The second-order valence-corrected chi connectivity index (χ2v) is 2.51. The number of nitrogens with zero attached hydrogens (tertiary/aromatic N) is 3. The first-order valence-electron chi connectivity index (χ1n) is 2.87. The molecule has 0 radical (unpaired) electrons. The molecule has 0 saturated carbocycles. The van der Waals surface area contributed by atoms with Crippen LogP contribution in [0.25, 0.3) is 10.4 Å². The van der Waals surface area contributed by atoms with Crippen molar-refractivity contribution < 1.29 is 0 Å². The number of hydrogen-bond acceptors (Lipinski definition) is 1. The Morgan fingerprint density at radius 2 is 1.89 bits per heavy atom. The average molecular weight is 123 g/mol. The van der Waals surface area contributed by atoms with Crippen LogP contribution in [-0.4, -0.2) is 5.54 Å². The van der Waals surface area contributed by atoms with Crippen LogP contribution in [0.2, 0.25) is 0 Å². The predicted molar refractivity (Wildman–Crippen MR) is 35.9 cm³/mol. The highest BCUT2D eigenvalue weighted by Gasteiger charge is 2.41. The van der Waals surface area contributed by atoms with Crippen molar-refractivity contribution >= 4 is 0 Å². The molecule has 3 heteroatoms. The molecule has 0 atom stereocenters. The highest BCUT2D eigenvalue weighted by atomic mass is 15.2. The summed E-state index contributed by atoms with van der Waals surface area (Å²) in [7, 11) is 0. The molecule has 0 spiro atoms. The maximum Gasteiger partial charge on any atom is 0.0879 e. The van der Waals surface area contributed by atoms with E-state index < -0.39 is 0 Å². The first kappa shape index (κ1) is 6.17. The van der Waals surface area contributed by atoms with Crippen LogP contribution >= 0.6 is 0 Å². The molecule has 1 aliphatic rings. The molecular formula is C6H9N3. The van der Waals surface area contributed by atoms with Crippen molar-refractivity contribution in [3.05, 3.63) is 21.6 Å². The summed E-state index contributed by atoms with van der Waals surface area (Å²) in [6, 6.07) is 0. The molecule has 3 nitrogen and oxygen atoms in total. The fraction of sp³-hybridized carbons (Fsp3) is 0.667. The minimum absolute atomic E-state index is 0.241. The third-order valence-electron chi connectivity index (χ3n) is 2.21. The molecule has 9 heavy (non-hydrogen) atoms. The summed E-state index contributed by atoms with van der Waals surface area (Å²) in [6.07, 6.45) is 0. The molecular weight excluding hydrogens is 114 g/mol. The zero-order valence-electron chi connectivity index (χ0n) is 5.84. The summed E-state index contributed by atoms with van der Waals surface area (Å²) in [4.78, 5) is 2.75. The van der Waals surface area contributed by atoms with Gasteiger partial charge in [-0.1, -0.05) is 16.3 Å². The van der Waals surface area contributed by atoms with Gasteiger partial charge in [0.25, 0.3) is 0 Å². The monoisotopic (exact) mass is 123 g/mol. The quantitative estimate of drug-likeness (QED) is 0.222. The normalized spacial score (nSPS) is 21.2. The van der Waals surface area contributed by atoms with Gasteiger partial charge < -0.3 is 0 Å². The minimum atomic E-state index is -0.241. The Labute approximate surface area is 54.0 Å². The molecule has 0 aromatic heterocycles. The van der Waals surface area contributed by atoms with E-state index in [0.717, 1.165) is 0 Å². The van der Waals surface area contributed by atoms with E-state index in [4.69, 9.17) is 5.53 Å². The summed E-state index contributed by atoms with van der Waals surface area (Å²) >= 11 is 0. The highest BCUT2D eigenvalue weighted by Crippen LogP contribution is 2.46. The Balaban J connectivity index is 2.78. The van der Waals surface area contributed by atoms with Gasteiger partial charge in [0, 0.05) is 4.91 Å². The molecule has 1 rings (SSSR count). The van der Waals surface area contributed by atoms with E-state index in [1.165, 1.54) is 11.1 Å². The van der Waals surface area contributed by atoms with Gasteiger partial charge in [-0.15, -0.1) is 0 Å². The van der Waals surface area contributed by atoms with Gasteiger partial charge in [-0.3, -0.25) is 0 Å². The molecule has 0 aromatic rings. The van der Waals surface area contributed by atoms with Gasteiger partial charge in [0.2, 0.25) is 0 Å². The summed E-state index contributed by atoms with van der Waals surface area (Å²) in [5.74, 6) is 0. The number of azide groups is 1. The molecule has 0 bridgehead atoms. The average Bonchev–Trinajstić information content (AvgIpc) is 2.22. The molecule has 0 unspecified atom stereocenters. The van der Waals surface area contributed by atoms with E-state index >= 15 is 0 Å². The Hall–Kier alpha value is -0.950. The van der Waals surface area contributed by atoms with Crippen molar-refractivity contribution in [2.24, 2.45) is 5.11 Å². The first-order chi connectivity index (χ1) is 4.13. The van der Waals surface area contributed by atoms with Crippen LogP contribution in [0.4, 0.5) is 0 Å². The lowest BCUT2D eigenvalue weighted by molar-refractivity contribution is 0.770. The largest absolute Gasteiger partial charge is 0.0879 e. The van der Waals surface area contributed by atoms with Crippen LogP contribution in [-0.2, 0) is 0 Å². The van der Waals surface area contributed by atoms with Gasteiger partial charge in [0.05, 0.1) is 5.54 Å². The fourth-order valence-electron chi connectivity index (χ4n) is 0.942. The van der Waals surface area contributed by atoms with Crippen molar-refractivity contribution in [2.45, 2.75) is 26.3 Å². The van der Waals surface area contributed by atoms with Crippen LogP contribution < -0.4 is 0 Å². The smallest absolute Gasteiger partial charge is 0.0788 e. The minimum Gasteiger partial charge on any atom is -0.0788 e. The number of hydrogen-bond donors (Lipinski definition) is 0. The van der Waals surface area contributed by atoms with E-state index in [2.05, 4.69) is 10.0 Å². The lowest BCUT2D eigenvalue weighted by atomic mass is 10.2. The highest BCUT2D eigenvalue weighted by molar-refractivity contribution is 5.51. The zero-order chi connectivity index (χ0) is 7.07. The molecule has 1 aliphatic carbocycles. The fourth-order valence-corrected chi connectivity index (χ4v) is 0.942. The maximum absolute atomic E-state index is 8.11. The van der Waals surface area contributed by atoms with E-state index in [9.17, 15) is 0 Å². The lowest BCUT2D eigenvalue weighted by Crippen LogP contribution is -2.01. The Morgan fingerprint density at radius 3 is 2.00 bits per heavy atom. The van der Waals surface area contributed by atoms with Crippen LogP contribution in [0.5, 0.6) is 0 Å². The van der Waals surface area contributed by atoms with Gasteiger partial charge in [-0.05, 0) is 26.3 Å². The third kappa shape index (κ3) is 0.618. The second-order valence-electron chi connectivity index (χ2n) is 2.51. The Morgan fingerprint density at radius 1 is 1.44 bits per heavy atom. The second kappa shape index (κ2) is 1.52. The van der Waals surface area contributed by atoms with E-state index in [-0.39, 0.29) is 5.54 Å². The molecule has 0 aliphatic heterocycles. The van der Waals surface area contributed by atoms with Gasteiger partial charge in [-0.2, -0.15) is 0 Å². The molecule has 48 valence electrons. The van der Waals surface area contributed by atoms with Crippen molar-refractivity contribution in [2.75, 3.05) is 0 Å². The van der Waals surface area contributed by atoms with Gasteiger partial charge >= 0.3 is 0 Å². The van der Waals surface area contributed by atoms with Crippen molar-refractivity contribution in [1.29, 1.82) is 0 Å². The summed E-state index contributed by atoms with van der Waals surface area (Å²) < 4.78 is 0. The molecule has 0 heterocycles. The van der Waals surface area contributed by atoms with Gasteiger partial charge in [0.1, 0.15) is 0 Å². The topological polar surface area (TPSA) is 48.8 Å². The standard InChI is InChI=1S/C6H9N3/c1-4-5(2)6(4,3)8-9-7/h1-3H3. The molecule has 0 fully saturated rings. The van der Waals surface area contributed by atoms with Crippen molar-refractivity contribution in [3.63, 3.8) is 0 Å². The summed E-state index contributed by atoms with van der Waals surface area (Å²) in [6.45, 7) is 5.91. The van der Waals surface area contributed by atoms with Gasteiger partial charge in [0.15, 0.2) is 0 Å². The zero-order valence-corrected chi connectivity index (χ0v) is 5.84. The Bertz CT molecular complexity index is 208. The lowest BCUT2D eigenvalue weighted by Gasteiger charge is -1.99. The molecule has 0 N–H and O–H groups in total. The van der Waals surface area contributed by atoms with Crippen LogP contribution in [0, 0.1) is 0 Å². The summed E-state index contributed by atoms with van der Waals surface area (Å²) in [5.41, 5.74) is 10.3. The van der Waals surface area contributed by atoms with Crippen molar-refractivity contribution in [1.82, 2.24) is 0 Å². The molecule has 0 aromatic carbocycles. The van der Waals surface area contributed by atoms with Crippen LogP contribution in [0.15, 0.2) is 16.3 Å². The SMILES string of the molecule is CC1=C(C)C1(C)N=[N+]=[N-]. The molecule has 0 saturated heterocycles. The summed E-state index contributed by atoms with van der Waals surface area (Å²) in [5, 5.41) is 3.64. The van der Waals surface area contributed by atoms with Crippen LogP contribution in [0.3, 0.4) is 0 Å². The van der Waals surface area contributed by atoms with Gasteiger partial charge in [-0.25, -0.2) is 0 Å². The van der Waals surface area contributed by atoms with E-state index in [0.29, 0.717) is 0 Å². The van der Waals surface area contributed by atoms with Crippen LogP contribution in [0.1, 0.15) is 20.8 Å².